The fourth-order valence-corrected chi connectivity index (χ4v) is 6.06. The summed E-state index contributed by atoms with van der Waals surface area (Å²) in [5, 5.41) is 26.2. The van der Waals surface area contributed by atoms with E-state index in [1.807, 2.05) is 18.2 Å². The van der Waals surface area contributed by atoms with Crippen LogP contribution in [0.3, 0.4) is 0 Å². The number of fused-ring (bicyclic) bond motifs is 1. The number of hydrogen-bond donors (Lipinski definition) is 2. The van der Waals surface area contributed by atoms with Crippen molar-refractivity contribution in [3.05, 3.63) is 84.1 Å². The van der Waals surface area contributed by atoms with Crippen LogP contribution in [0.2, 0.25) is 5.28 Å². The van der Waals surface area contributed by atoms with Crippen LogP contribution < -0.4 is 109 Å². The van der Waals surface area contributed by atoms with E-state index in [4.69, 9.17) is 16.3 Å². The molecular formula is C26H17ClN7Na3O10S3. The third kappa shape index (κ3) is 12.6. The second kappa shape index (κ2) is 20.1. The average molecular weight is 788 g/mol. The minimum absolute atomic E-state index is 0. The molecule has 2 N–H and O–H groups in total. The Bertz CT molecular complexity index is 2180. The maximum Gasteiger partial charge on any atom is 1.00 e. The molecule has 0 spiro atoms. The Kier molecular flexibility index (Phi) is 17.9. The molecule has 0 aliphatic rings. The molecule has 0 saturated carbocycles. The van der Waals surface area contributed by atoms with Gasteiger partial charge in [0.2, 0.25) is 17.2 Å². The number of ether oxygens (including phenoxy) is 1. The van der Waals surface area contributed by atoms with Crippen LogP contribution in [-0.4, -0.2) is 47.6 Å². The Morgan fingerprint density at radius 3 is 2.00 bits per heavy atom. The van der Waals surface area contributed by atoms with Gasteiger partial charge in [0.1, 0.15) is 26.0 Å². The number of azo groups is 1. The van der Waals surface area contributed by atoms with Crippen LogP contribution in [0, 0.1) is 0 Å². The summed E-state index contributed by atoms with van der Waals surface area (Å²) < 4.78 is 82.0. The normalized spacial score (nSPS) is 11.3. The first kappa shape index (κ1) is 44.7. The van der Waals surface area contributed by atoms with Crippen molar-refractivity contribution in [2.75, 3.05) is 17.4 Å². The summed E-state index contributed by atoms with van der Waals surface area (Å²) in [6.07, 6.45) is 0. The standard InChI is InChI=1S/C26H20ClN7O10S3.3Na/c27-24-30-25(28-14-42-18-4-2-1-3-5-18)32-26(31-24)29-15-6-8-16(9-7-15)33-34-17-10-20-21(22(11-17)46(36,37)38)12-19(45-44-43-35)13-23(20)47(39,40)41;;;/h1-13,35H,14H2,(H,36,37,38)(H,39,40,41)(H2,28,29,30,31,32);;;/q;3*+1/p-3. The van der Waals surface area contributed by atoms with Gasteiger partial charge in [-0.3, -0.25) is 5.04 Å². The van der Waals surface area contributed by atoms with E-state index < -0.39 is 40.8 Å². The second-order valence-corrected chi connectivity index (χ2v) is 12.8. The van der Waals surface area contributed by atoms with Gasteiger partial charge in [-0.05, 0) is 72.3 Å². The Morgan fingerprint density at radius 2 is 1.36 bits per heavy atom. The van der Waals surface area contributed by atoms with Crippen LogP contribution in [0.4, 0.5) is 29.0 Å². The first-order valence-corrected chi connectivity index (χ1v) is 16.6. The molecule has 0 radical (unpaired) electrons. The van der Waals surface area contributed by atoms with Crippen molar-refractivity contribution in [1.29, 1.82) is 0 Å². The third-order valence-electron chi connectivity index (χ3n) is 5.87. The van der Waals surface area contributed by atoms with Gasteiger partial charge in [0.15, 0.2) is 6.73 Å². The SMILES string of the molecule is O=S(=O)([O-])c1cc(SOO[O-])cc2c(S(=O)(=O)[O-])cc(N=Nc3ccc(Nc4nc(Cl)nc(NCOc5ccccc5)n4)cc3)cc12.[Na+].[Na+].[Na+]. The third-order valence-corrected chi connectivity index (χ3v) is 8.35. The van der Waals surface area contributed by atoms with Crippen LogP contribution in [0.5, 0.6) is 5.75 Å². The molecule has 1 aromatic heterocycles. The van der Waals surface area contributed by atoms with Gasteiger partial charge in [-0.25, -0.2) is 16.8 Å². The van der Waals surface area contributed by atoms with Gasteiger partial charge in [0, 0.05) is 21.4 Å². The van der Waals surface area contributed by atoms with Gasteiger partial charge < -0.3 is 29.7 Å². The molecular weight excluding hydrogens is 771 g/mol. The number of aromatic nitrogens is 3. The summed E-state index contributed by atoms with van der Waals surface area (Å²) >= 11 is 6.23. The quantitative estimate of drug-likeness (QED) is 0.0216. The molecule has 5 aromatic rings. The minimum Gasteiger partial charge on any atom is -0.744 e. The van der Waals surface area contributed by atoms with Gasteiger partial charge >= 0.3 is 88.7 Å². The number of benzene rings is 4. The molecule has 0 saturated heterocycles. The monoisotopic (exact) mass is 787 g/mol. The predicted octanol–water partition coefficient (Wildman–Crippen LogP) is -4.66. The van der Waals surface area contributed by atoms with E-state index in [0.29, 0.717) is 11.4 Å². The zero-order valence-electron chi connectivity index (χ0n) is 26.1. The van der Waals surface area contributed by atoms with Crippen molar-refractivity contribution >= 4 is 83.6 Å². The van der Waals surface area contributed by atoms with Crippen LogP contribution in [-0.2, 0) is 29.6 Å². The van der Waals surface area contributed by atoms with E-state index in [0.717, 1.165) is 24.3 Å². The van der Waals surface area contributed by atoms with Gasteiger partial charge in [-0.15, -0.1) is 0 Å². The number of hydrogen-bond acceptors (Lipinski definition) is 18. The van der Waals surface area contributed by atoms with Gasteiger partial charge in [-0.2, -0.15) is 29.5 Å². The number of nitrogens with zero attached hydrogens (tertiary/aromatic N) is 5. The first-order valence-electron chi connectivity index (χ1n) is 12.7. The van der Waals surface area contributed by atoms with Crippen molar-refractivity contribution < 1.29 is 134 Å². The predicted molar refractivity (Wildman–Crippen MR) is 162 cm³/mol. The number of anilines is 3. The Morgan fingerprint density at radius 1 is 0.760 bits per heavy atom. The summed E-state index contributed by atoms with van der Waals surface area (Å²) in [4.78, 5) is 10.3. The van der Waals surface area contributed by atoms with E-state index in [1.165, 1.54) is 12.1 Å². The summed E-state index contributed by atoms with van der Waals surface area (Å²) in [5.74, 6) is 0.901. The Labute approximate surface area is 360 Å². The zero-order valence-corrected chi connectivity index (χ0v) is 35.3. The van der Waals surface area contributed by atoms with Gasteiger partial charge in [0.05, 0.1) is 33.2 Å². The Balaban J connectivity index is 0.00000289. The van der Waals surface area contributed by atoms with Gasteiger partial charge in [-0.1, -0.05) is 18.2 Å². The molecule has 4 aromatic carbocycles. The molecule has 0 bridgehead atoms. The molecule has 1 heterocycles. The first-order chi connectivity index (χ1) is 22.4. The zero-order chi connectivity index (χ0) is 33.6. The second-order valence-electron chi connectivity index (χ2n) is 8.99. The molecule has 0 atom stereocenters. The van der Waals surface area contributed by atoms with Crippen molar-refractivity contribution in [2.24, 2.45) is 10.2 Å². The molecule has 0 aliphatic carbocycles. The summed E-state index contributed by atoms with van der Waals surface area (Å²) in [6, 6.07) is 19.0. The number of nitrogens with one attached hydrogen (secondary N) is 2. The molecule has 0 fully saturated rings. The van der Waals surface area contributed by atoms with E-state index in [9.17, 15) is 31.2 Å². The van der Waals surface area contributed by atoms with Crippen LogP contribution >= 0.6 is 23.6 Å². The van der Waals surface area contributed by atoms with E-state index in [-0.39, 0.29) is 141 Å². The maximum absolute atomic E-state index is 12.1. The summed E-state index contributed by atoms with van der Waals surface area (Å²) in [7, 11) is -10.5. The smallest absolute Gasteiger partial charge is 0.744 e. The number of rotatable bonds is 13. The van der Waals surface area contributed by atoms with Crippen LogP contribution in [0.25, 0.3) is 10.8 Å². The fraction of sp³-hybridized carbons (Fsp3) is 0.0385. The van der Waals surface area contributed by atoms with Crippen molar-refractivity contribution in [2.45, 2.75) is 14.7 Å². The maximum atomic E-state index is 12.1. The number of halogens is 1. The fourth-order valence-electron chi connectivity index (χ4n) is 3.97. The summed E-state index contributed by atoms with van der Waals surface area (Å²) in [5.41, 5.74) is 0.512. The largest absolute Gasteiger partial charge is 1.00 e. The van der Waals surface area contributed by atoms with E-state index in [2.05, 4.69) is 45.2 Å². The van der Waals surface area contributed by atoms with Crippen molar-refractivity contribution in [1.82, 2.24) is 15.0 Å². The Hall–Kier alpha value is -1.51. The molecule has 0 amide bonds. The molecule has 24 heteroatoms. The van der Waals surface area contributed by atoms with Crippen molar-refractivity contribution in [3.63, 3.8) is 0 Å². The molecule has 0 aliphatic heterocycles. The number of para-hydroxylation sites is 1. The van der Waals surface area contributed by atoms with Crippen molar-refractivity contribution in [3.8, 4) is 5.75 Å². The van der Waals surface area contributed by atoms with Gasteiger partial charge in [0.25, 0.3) is 0 Å². The molecule has 0 unspecified atom stereocenters. The van der Waals surface area contributed by atoms with Crippen LogP contribution in [0.1, 0.15) is 0 Å². The van der Waals surface area contributed by atoms with E-state index in [1.54, 1.807) is 24.3 Å². The molecule has 244 valence electrons. The topological polar surface area (TPSA) is 253 Å². The minimum atomic E-state index is -5.23. The molecule has 50 heavy (non-hydrogen) atoms. The molecule has 5 rings (SSSR count). The van der Waals surface area contributed by atoms with E-state index >= 15 is 0 Å². The molecule has 17 nitrogen and oxygen atoms in total. The van der Waals surface area contributed by atoms with Crippen LogP contribution in [0.15, 0.2) is 104 Å². The summed E-state index contributed by atoms with van der Waals surface area (Å²) in [6.45, 7) is 0.0595. The average Bonchev–Trinajstić information content (AvgIpc) is 3.02.